The first-order chi connectivity index (χ1) is 8.99. The number of hydrogen-bond donors (Lipinski definition) is 4. The number of aliphatic hydroxyl groups is 3. The molecule has 2 atom stereocenters. The molecule has 5 N–H and O–H groups in total. The van der Waals surface area contributed by atoms with E-state index in [2.05, 4.69) is 6.92 Å². The van der Waals surface area contributed by atoms with Crippen molar-refractivity contribution in [3.8, 4) is 0 Å². The van der Waals surface area contributed by atoms with Gasteiger partial charge in [0.05, 0.1) is 6.61 Å². The van der Waals surface area contributed by atoms with Crippen LogP contribution in [0.1, 0.15) is 64.7 Å². The standard InChI is InChI=1S/C14H29NO4/c1-2-3-4-5-6-7-8-9-10-14(19,13(15)18)12(17)11-16/h12,16-17,19H,2-11H2,1H3,(H2,15,18)/t12-,14-/m1/s1. The lowest BCUT2D eigenvalue weighted by atomic mass is 9.89. The first kappa shape index (κ1) is 18.4. The Labute approximate surface area is 115 Å². The molecule has 1 amide bonds. The van der Waals surface area contributed by atoms with Crippen molar-refractivity contribution in [1.29, 1.82) is 0 Å². The average molecular weight is 275 g/mol. The van der Waals surface area contributed by atoms with Crippen molar-refractivity contribution >= 4 is 5.91 Å². The van der Waals surface area contributed by atoms with E-state index < -0.39 is 24.2 Å². The number of carbonyl (C=O) groups is 1. The fourth-order valence-electron chi connectivity index (χ4n) is 2.13. The molecular formula is C14H29NO4. The van der Waals surface area contributed by atoms with E-state index in [1.165, 1.54) is 25.7 Å². The number of hydrogen-bond acceptors (Lipinski definition) is 4. The molecule has 5 nitrogen and oxygen atoms in total. The van der Waals surface area contributed by atoms with Crippen LogP contribution in [-0.2, 0) is 4.79 Å². The molecule has 19 heavy (non-hydrogen) atoms. The van der Waals surface area contributed by atoms with Gasteiger partial charge in [-0.1, -0.05) is 51.9 Å². The number of amides is 1. The number of unbranched alkanes of at least 4 members (excludes halogenated alkanes) is 7. The zero-order valence-electron chi connectivity index (χ0n) is 12.0. The van der Waals surface area contributed by atoms with Crippen molar-refractivity contribution in [2.75, 3.05) is 6.61 Å². The van der Waals surface area contributed by atoms with E-state index in [-0.39, 0.29) is 6.42 Å². The SMILES string of the molecule is CCCCCCCCCC[C@](O)(C(N)=O)[C@H](O)CO. The van der Waals surface area contributed by atoms with Crippen LogP contribution in [0, 0.1) is 0 Å². The Morgan fingerprint density at radius 3 is 2.00 bits per heavy atom. The lowest BCUT2D eigenvalue weighted by Crippen LogP contribution is -2.54. The third-order valence-corrected chi connectivity index (χ3v) is 3.56. The zero-order valence-corrected chi connectivity index (χ0v) is 12.0. The molecular weight excluding hydrogens is 246 g/mol. The van der Waals surface area contributed by atoms with Crippen LogP contribution in [0.4, 0.5) is 0 Å². The Balaban J connectivity index is 3.80. The molecule has 0 aromatic carbocycles. The van der Waals surface area contributed by atoms with Crippen LogP contribution in [0.15, 0.2) is 0 Å². The molecule has 0 rings (SSSR count). The van der Waals surface area contributed by atoms with Crippen molar-refractivity contribution in [3.63, 3.8) is 0 Å². The maximum absolute atomic E-state index is 11.2. The van der Waals surface area contributed by atoms with Gasteiger partial charge in [0.15, 0.2) is 5.60 Å². The third-order valence-electron chi connectivity index (χ3n) is 3.56. The first-order valence-corrected chi connectivity index (χ1v) is 7.30. The maximum Gasteiger partial charge on any atom is 0.252 e. The summed E-state index contributed by atoms with van der Waals surface area (Å²) in [5.41, 5.74) is 3.08. The Bertz CT molecular complexity index is 248. The molecule has 0 unspecified atom stereocenters. The maximum atomic E-state index is 11.2. The molecule has 0 aliphatic rings. The van der Waals surface area contributed by atoms with Crippen molar-refractivity contribution in [2.45, 2.75) is 76.4 Å². The molecule has 0 saturated heterocycles. The molecule has 0 radical (unpaired) electrons. The van der Waals surface area contributed by atoms with E-state index >= 15 is 0 Å². The summed E-state index contributed by atoms with van der Waals surface area (Å²) in [5.74, 6) is -0.975. The van der Waals surface area contributed by atoms with E-state index in [1.807, 2.05) is 0 Å². The molecule has 0 aromatic rings. The minimum atomic E-state index is -2.00. The summed E-state index contributed by atoms with van der Waals surface area (Å²) in [7, 11) is 0. The van der Waals surface area contributed by atoms with E-state index in [0.717, 1.165) is 19.3 Å². The predicted molar refractivity (Wildman–Crippen MR) is 74.5 cm³/mol. The molecule has 5 heteroatoms. The van der Waals surface area contributed by atoms with Crippen LogP contribution in [0.3, 0.4) is 0 Å². The lowest BCUT2D eigenvalue weighted by molar-refractivity contribution is -0.154. The molecule has 0 aromatic heterocycles. The summed E-state index contributed by atoms with van der Waals surface area (Å²) in [5, 5.41) is 28.2. The Morgan fingerprint density at radius 1 is 1.11 bits per heavy atom. The molecule has 0 bridgehead atoms. The largest absolute Gasteiger partial charge is 0.394 e. The highest BCUT2D eigenvalue weighted by Crippen LogP contribution is 2.20. The van der Waals surface area contributed by atoms with Crippen molar-refractivity contribution in [1.82, 2.24) is 0 Å². The minimum absolute atomic E-state index is 0.0963. The number of nitrogens with two attached hydrogens (primary N) is 1. The van der Waals surface area contributed by atoms with E-state index in [1.54, 1.807) is 0 Å². The molecule has 0 spiro atoms. The van der Waals surface area contributed by atoms with Gasteiger partial charge in [-0.3, -0.25) is 4.79 Å². The molecule has 0 fully saturated rings. The molecule has 0 aliphatic heterocycles. The smallest absolute Gasteiger partial charge is 0.252 e. The second-order valence-corrected chi connectivity index (χ2v) is 5.21. The Hall–Kier alpha value is -0.650. The highest BCUT2D eigenvalue weighted by molar-refractivity contribution is 5.83. The summed E-state index contributed by atoms with van der Waals surface area (Å²) in [6, 6.07) is 0. The third kappa shape index (κ3) is 6.89. The van der Waals surface area contributed by atoms with E-state index in [0.29, 0.717) is 6.42 Å². The summed E-state index contributed by atoms with van der Waals surface area (Å²) in [6.45, 7) is 1.51. The quantitative estimate of drug-likeness (QED) is 0.400. The highest BCUT2D eigenvalue weighted by atomic mass is 16.4. The van der Waals surface area contributed by atoms with Gasteiger partial charge in [0.2, 0.25) is 0 Å². The fraction of sp³-hybridized carbons (Fsp3) is 0.929. The summed E-state index contributed by atoms with van der Waals surface area (Å²) in [4.78, 5) is 11.2. The average Bonchev–Trinajstić information content (AvgIpc) is 2.40. The Kier molecular flexibility index (Phi) is 9.83. The number of rotatable bonds is 12. The van der Waals surface area contributed by atoms with Gasteiger partial charge < -0.3 is 21.1 Å². The van der Waals surface area contributed by atoms with Crippen LogP contribution >= 0.6 is 0 Å². The van der Waals surface area contributed by atoms with Gasteiger partial charge in [0, 0.05) is 0 Å². The normalized spacial score (nSPS) is 16.0. The predicted octanol–water partition coefficient (Wildman–Crippen LogP) is 1.09. The monoisotopic (exact) mass is 275 g/mol. The summed E-state index contributed by atoms with van der Waals surface area (Å²) < 4.78 is 0. The van der Waals surface area contributed by atoms with E-state index in [9.17, 15) is 15.0 Å². The topological polar surface area (TPSA) is 104 Å². The summed E-state index contributed by atoms with van der Waals surface area (Å²) >= 11 is 0. The van der Waals surface area contributed by atoms with Crippen LogP contribution in [0.2, 0.25) is 0 Å². The molecule has 0 aliphatic carbocycles. The number of aliphatic hydroxyl groups excluding tert-OH is 2. The fourth-order valence-corrected chi connectivity index (χ4v) is 2.13. The van der Waals surface area contributed by atoms with Gasteiger partial charge in [-0.25, -0.2) is 0 Å². The zero-order chi connectivity index (χ0) is 14.7. The van der Waals surface area contributed by atoms with Gasteiger partial charge in [-0.2, -0.15) is 0 Å². The van der Waals surface area contributed by atoms with Crippen LogP contribution < -0.4 is 5.73 Å². The van der Waals surface area contributed by atoms with Crippen LogP contribution in [-0.4, -0.2) is 39.5 Å². The van der Waals surface area contributed by atoms with Crippen LogP contribution in [0.25, 0.3) is 0 Å². The van der Waals surface area contributed by atoms with Crippen molar-refractivity contribution in [3.05, 3.63) is 0 Å². The minimum Gasteiger partial charge on any atom is -0.394 e. The van der Waals surface area contributed by atoms with Gasteiger partial charge in [-0.05, 0) is 12.8 Å². The lowest BCUT2D eigenvalue weighted by Gasteiger charge is -2.28. The molecule has 0 saturated carbocycles. The van der Waals surface area contributed by atoms with Crippen molar-refractivity contribution < 1.29 is 20.1 Å². The van der Waals surface area contributed by atoms with E-state index in [4.69, 9.17) is 10.8 Å². The molecule has 0 heterocycles. The number of primary amides is 1. The summed E-state index contributed by atoms with van der Waals surface area (Å²) in [6.07, 6.45) is 7.26. The van der Waals surface area contributed by atoms with Crippen molar-refractivity contribution in [2.24, 2.45) is 5.73 Å². The first-order valence-electron chi connectivity index (χ1n) is 7.30. The number of carbonyl (C=O) groups excluding carboxylic acids is 1. The van der Waals surface area contributed by atoms with Gasteiger partial charge in [0.1, 0.15) is 6.10 Å². The second kappa shape index (κ2) is 10.2. The molecule has 114 valence electrons. The Morgan fingerprint density at radius 2 is 1.58 bits per heavy atom. The van der Waals surface area contributed by atoms with Gasteiger partial charge in [0.25, 0.3) is 5.91 Å². The van der Waals surface area contributed by atoms with Gasteiger partial charge in [-0.15, -0.1) is 0 Å². The second-order valence-electron chi connectivity index (χ2n) is 5.21. The van der Waals surface area contributed by atoms with Gasteiger partial charge >= 0.3 is 0 Å². The van der Waals surface area contributed by atoms with Crippen LogP contribution in [0.5, 0.6) is 0 Å². The highest BCUT2D eigenvalue weighted by Gasteiger charge is 2.40.